The van der Waals surface area contributed by atoms with Crippen molar-refractivity contribution in [2.75, 3.05) is 0 Å². The fourth-order valence-electron chi connectivity index (χ4n) is 6.67. The van der Waals surface area contributed by atoms with E-state index in [2.05, 4.69) is 108 Å². The fourth-order valence-corrected chi connectivity index (χ4v) is 7.78. The van der Waals surface area contributed by atoms with E-state index in [1.807, 2.05) is 24.3 Å². The Balaban J connectivity index is 0.000000529. The molecular formula is C38H42O9P2. The summed E-state index contributed by atoms with van der Waals surface area (Å²) in [6.45, 7) is 16.6. The topological polar surface area (TPSA) is 165 Å². The van der Waals surface area contributed by atoms with Gasteiger partial charge in [0.25, 0.3) is 0 Å². The first-order chi connectivity index (χ1) is 22.7. The molecule has 5 aromatic rings. The minimum Gasteiger partial charge on any atom is -0.507 e. The van der Waals surface area contributed by atoms with Gasteiger partial charge in [-0.1, -0.05) is 72.8 Å². The Labute approximate surface area is 287 Å². The van der Waals surface area contributed by atoms with Crippen molar-refractivity contribution in [2.45, 2.75) is 55.4 Å². The molecule has 49 heavy (non-hydrogen) atoms. The molecule has 0 aromatic heterocycles. The SMILES string of the molecule is Cc1cccc(C)c1-c1c(O)c(-c2c(C)cccc2C)c(-c2c(C)cccc2C)c(O)c1-c1c(C)cccc1C.O=P(O)(O)OP(=O)(O)O. The van der Waals surface area contributed by atoms with Crippen LogP contribution in [0.4, 0.5) is 0 Å². The van der Waals surface area contributed by atoms with Crippen molar-refractivity contribution in [3.8, 4) is 56.0 Å². The fraction of sp³-hybridized carbons (Fsp3) is 0.211. The summed E-state index contributed by atoms with van der Waals surface area (Å²) in [5, 5.41) is 25.3. The second kappa shape index (κ2) is 14.4. The smallest absolute Gasteiger partial charge is 0.478 e. The molecule has 0 aliphatic heterocycles. The average molecular weight is 705 g/mol. The van der Waals surface area contributed by atoms with Crippen LogP contribution in [0.1, 0.15) is 44.5 Å². The zero-order valence-electron chi connectivity index (χ0n) is 28.7. The highest BCUT2D eigenvalue weighted by Gasteiger charge is 2.32. The molecule has 0 heterocycles. The number of phenols is 2. The van der Waals surface area contributed by atoms with E-state index in [0.717, 1.165) is 66.8 Å². The minimum atomic E-state index is -5.05. The predicted molar refractivity (Wildman–Crippen MR) is 195 cm³/mol. The number of hydrogen-bond donors (Lipinski definition) is 6. The first-order valence-corrected chi connectivity index (χ1v) is 18.5. The average Bonchev–Trinajstić information content (AvgIpc) is 2.95. The first kappa shape index (κ1) is 37.8. The van der Waals surface area contributed by atoms with Crippen molar-refractivity contribution in [2.24, 2.45) is 0 Å². The molecule has 0 saturated heterocycles. The second-order valence-corrected chi connectivity index (χ2v) is 14.9. The van der Waals surface area contributed by atoms with E-state index in [1.165, 1.54) is 0 Å². The number of phenolic OH excluding ortho intramolecular Hbond substituents is 2. The summed E-state index contributed by atoms with van der Waals surface area (Å²) < 4.78 is 22.2. The zero-order chi connectivity index (χ0) is 36.6. The molecule has 0 aliphatic rings. The molecule has 0 aliphatic carbocycles. The predicted octanol–water partition coefficient (Wildman–Crippen LogP) is 9.42. The van der Waals surface area contributed by atoms with Crippen molar-refractivity contribution < 1.29 is 43.2 Å². The van der Waals surface area contributed by atoms with E-state index in [1.54, 1.807) is 0 Å². The Kier molecular flexibility index (Phi) is 11.1. The van der Waals surface area contributed by atoms with Gasteiger partial charge in [-0.05, 0) is 122 Å². The lowest BCUT2D eigenvalue weighted by molar-refractivity contribution is 0.225. The van der Waals surface area contributed by atoms with E-state index in [9.17, 15) is 19.3 Å². The van der Waals surface area contributed by atoms with Crippen LogP contribution < -0.4 is 0 Å². The van der Waals surface area contributed by atoms with E-state index in [4.69, 9.17) is 19.6 Å². The third kappa shape index (κ3) is 8.07. The Morgan fingerprint density at radius 3 is 0.653 bits per heavy atom. The van der Waals surface area contributed by atoms with Gasteiger partial charge in [0, 0.05) is 22.3 Å². The third-order valence-electron chi connectivity index (χ3n) is 8.58. The number of hydrogen-bond acceptors (Lipinski definition) is 5. The number of aromatic hydroxyl groups is 2. The zero-order valence-corrected chi connectivity index (χ0v) is 30.5. The molecule has 0 saturated carbocycles. The molecule has 0 amide bonds. The molecule has 6 N–H and O–H groups in total. The maximum Gasteiger partial charge on any atom is 0.478 e. The summed E-state index contributed by atoms with van der Waals surface area (Å²) in [5.41, 5.74) is 14.9. The van der Waals surface area contributed by atoms with Crippen LogP contribution in [0, 0.1) is 55.4 Å². The van der Waals surface area contributed by atoms with Gasteiger partial charge in [-0.3, -0.25) is 0 Å². The monoisotopic (exact) mass is 704 g/mol. The van der Waals surface area contributed by atoms with Gasteiger partial charge in [0.15, 0.2) is 0 Å². The molecule has 0 fully saturated rings. The van der Waals surface area contributed by atoms with Crippen LogP contribution in [0.2, 0.25) is 0 Å². The van der Waals surface area contributed by atoms with Crippen molar-refractivity contribution >= 4 is 15.6 Å². The molecule has 0 unspecified atom stereocenters. The number of aryl methyl sites for hydroxylation is 8. The molecular weight excluding hydrogens is 662 g/mol. The van der Waals surface area contributed by atoms with Crippen LogP contribution in [0.3, 0.4) is 0 Å². The largest absolute Gasteiger partial charge is 0.507 e. The summed E-state index contributed by atoms with van der Waals surface area (Å²) >= 11 is 0. The third-order valence-corrected chi connectivity index (χ3v) is 10.3. The van der Waals surface area contributed by atoms with Crippen molar-refractivity contribution in [1.29, 1.82) is 0 Å². The van der Waals surface area contributed by atoms with Gasteiger partial charge in [0.05, 0.1) is 0 Å². The van der Waals surface area contributed by atoms with Crippen LogP contribution >= 0.6 is 15.6 Å². The molecule has 0 atom stereocenters. The van der Waals surface area contributed by atoms with Crippen molar-refractivity contribution in [3.63, 3.8) is 0 Å². The van der Waals surface area contributed by atoms with E-state index in [-0.39, 0.29) is 11.5 Å². The quantitative estimate of drug-likeness (QED) is 0.0746. The summed E-state index contributed by atoms with van der Waals surface area (Å²) in [6, 6.07) is 24.8. The summed E-state index contributed by atoms with van der Waals surface area (Å²) in [4.78, 5) is 31.0. The van der Waals surface area contributed by atoms with E-state index < -0.39 is 15.6 Å². The van der Waals surface area contributed by atoms with Crippen LogP contribution in [0.25, 0.3) is 44.5 Å². The Morgan fingerprint density at radius 2 is 0.531 bits per heavy atom. The number of rotatable bonds is 6. The highest BCUT2D eigenvalue weighted by atomic mass is 31.3. The molecule has 0 spiro atoms. The van der Waals surface area contributed by atoms with Crippen LogP contribution in [-0.2, 0) is 13.4 Å². The maximum absolute atomic E-state index is 12.7. The second-order valence-electron chi connectivity index (χ2n) is 12.3. The van der Waals surface area contributed by atoms with Crippen LogP contribution in [0.5, 0.6) is 11.5 Å². The Morgan fingerprint density at radius 1 is 0.367 bits per heavy atom. The maximum atomic E-state index is 12.7. The molecule has 258 valence electrons. The van der Waals surface area contributed by atoms with Gasteiger partial charge in [-0.2, -0.15) is 4.31 Å². The first-order valence-electron chi connectivity index (χ1n) is 15.5. The van der Waals surface area contributed by atoms with Gasteiger partial charge in [-0.25, -0.2) is 9.13 Å². The lowest BCUT2D eigenvalue weighted by Crippen LogP contribution is -2.02. The van der Waals surface area contributed by atoms with Gasteiger partial charge in [0.1, 0.15) is 11.5 Å². The van der Waals surface area contributed by atoms with Crippen LogP contribution in [0.15, 0.2) is 72.8 Å². The number of benzene rings is 5. The molecule has 9 nitrogen and oxygen atoms in total. The van der Waals surface area contributed by atoms with E-state index >= 15 is 0 Å². The highest BCUT2D eigenvalue weighted by molar-refractivity contribution is 7.60. The van der Waals surface area contributed by atoms with Gasteiger partial charge in [0.2, 0.25) is 0 Å². The van der Waals surface area contributed by atoms with Gasteiger partial charge in [-0.15, -0.1) is 0 Å². The summed E-state index contributed by atoms with van der Waals surface area (Å²) in [5.74, 6) is 0.394. The standard InChI is InChI=1S/C38H38O2.H4O7P2/c1-21-13-9-14-22(2)29(21)33-34(30-23(3)15-10-16-24(30)4)38(40)36(32-27(7)19-12-20-28(32)8)35(37(33)39)31-25(5)17-11-18-26(31)6;1-8(2,3)7-9(4,5)6/h9-20,39-40H,1-8H3;(H2,1,2,3)(H2,4,5,6). The highest BCUT2D eigenvalue weighted by Crippen LogP contribution is 2.58. The molecule has 5 rings (SSSR count). The number of phosphoric acid groups is 2. The van der Waals surface area contributed by atoms with Crippen LogP contribution in [-0.4, -0.2) is 29.8 Å². The van der Waals surface area contributed by atoms with Gasteiger partial charge >= 0.3 is 15.6 Å². The summed E-state index contributed by atoms with van der Waals surface area (Å²) in [7, 11) is -10.1. The molecule has 0 bridgehead atoms. The Bertz CT molecular complexity index is 1800. The summed E-state index contributed by atoms with van der Waals surface area (Å²) in [6.07, 6.45) is 0. The van der Waals surface area contributed by atoms with Gasteiger partial charge < -0.3 is 29.8 Å². The molecule has 5 aromatic carbocycles. The normalized spacial score (nSPS) is 11.7. The lowest BCUT2D eigenvalue weighted by atomic mass is 9.77. The van der Waals surface area contributed by atoms with Crippen molar-refractivity contribution in [3.05, 3.63) is 117 Å². The van der Waals surface area contributed by atoms with E-state index in [0.29, 0.717) is 22.3 Å². The Hall–Kier alpha value is -4.04. The lowest BCUT2D eigenvalue weighted by Gasteiger charge is -2.27. The molecule has 11 heteroatoms. The van der Waals surface area contributed by atoms with Crippen molar-refractivity contribution in [1.82, 2.24) is 0 Å². The molecule has 0 radical (unpaired) electrons. The minimum absolute atomic E-state index is 0.197.